The van der Waals surface area contributed by atoms with Crippen LogP contribution in [-0.2, 0) is 23.9 Å². The number of carbonyl (C=O) groups is 4. The molecule has 5 nitrogen and oxygen atoms in total. The fourth-order valence-electron chi connectivity index (χ4n) is 7.44. The second-order valence-electron chi connectivity index (χ2n) is 10.4. The van der Waals surface area contributed by atoms with Crippen LogP contribution < -0.4 is 0 Å². The van der Waals surface area contributed by atoms with Crippen LogP contribution in [-0.4, -0.2) is 28.9 Å². The molecule has 0 spiro atoms. The number of hydrogen-bond acceptors (Lipinski definition) is 5. The number of fused-ring (bicyclic) bond motifs is 5. The summed E-state index contributed by atoms with van der Waals surface area (Å²) in [5, 5.41) is 0. The molecule has 5 heteroatoms. The van der Waals surface area contributed by atoms with Gasteiger partial charge in [-0.25, -0.2) is 0 Å². The van der Waals surface area contributed by atoms with Crippen molar-refractivity contribution in [3.05, 3.63) is 0 Å². The maximum Gasteiger partial charge on any atom is 0.303 e. The van der Waals surface area contributed by atoms with E-state index in [-0.39, 0.29) is 46.1 Å². The summed E-state index contributed by atoms with van der Waals surface area (Å²) < 4.78 is 5.56. The average Bonchev–Trinajstić information content (AvgIpc) is 2.91. The first-order chi connectivity index (χ1) is 13.0. The highest BCUT2D eigenvalue weighted by atomic mass is 16.6. The molecule has 0 heterocycles. The van der Waals surface area contributed by atoms with E-state index in [9.17, 15) is 19.2 Å². The molecule has 0 bridgehead atoms. The van der Waals surface area contributed by atoms with Crippen molar-refractivity contribution in [2.75, 3.05) is 0 Å². The summed E-state index contributed by atoms with van der Waals surface area (Å²) >= 11 is 0. The van der Waals surface area contributed by atoms with E-state index in [1.54, 1.807) is 0 Å². The molecular formula is C23H32O5. The first-order valence-corrected chi connectivity index (χ1v) is 10.8. The van der Waals surface area contributed by atoms with Gasteiger partial charge >= 0.3 is 5.97 Å². The van der Waals surface area contributed by atoms with E-state index in [0.29, 0.717) is 31.5 Å². The van der Waals surface area contributed by atoms with Crippen LogP contribution in [0.4, 0.5) is 0 Å². The third kappa shape index (κ3) is 2.57. The minimum absolute atomic E-state index is 0.0231. The highest BCUT2D eigenvalue weighted by molar-refractivity contribution is 5.91. The van der Waals surface area contributed by atoms with Crippen molar-refractivity contribution in [1.82, 2.24) is 0 Å². The highest BCUT2D eigenvalue weighted by Gasteiger charge is 2.64. The molecule has 7 atom stereocenters. The first-order valence-electron chi connectivity index (χ1n) is 10.8. The topological polar surface area (TPSA) is 77.5 Å². The van der Waals surface area contributed by atoms with Crippen LogP contribution in [0.5, 0.6) is 0 Å². The van der Waals surface area contributed by atoms with E-state index in [2.05, 4.69) is 13.8 Å². The van der Waals surface area contributed by atoms with Gasteiger partial charge in [-0.15, -0.1) is 0 Å². The third-order valence-electron chi connectivity index (χ3n) is 9.20. The van der Waals surface area contributed by atoms with Gasteiger partial charge in [0, 0.05) is 31.1 Å². The highest BCUT2D eigenvalue weighted by Crippen LogP contribution is 2.65. The Morgan fingerprint density at radius 2 is 1.71 bits per heavy atom. The molecule has 28 heavy (non-hydrogen) atoms. The Bertz CT molecular complexity index is 756. The van der Waals surface area contributed by atoms with Gasteiger partial charge in [0.15, 0.2) is 11.4 Å². The van der Waals surface area contributed by atoms with Crippen molar-refractivity contribution in [1.29, 1.82) is 0 Å². The van der Waals surface area contributed by atoms with E-state index < -0.39 is 11.6 Å². The van der Waals surface area contributed by atoms with Gasteiger partial charge in [0.05, 0.1) is 0 Å². The monoisotopic (exact) mass is 388 g/mol. The first kappa shape index (κ1) is 19.8. The van der Waals surface area contributed by atoms with Gasteiger partial charge in [-0.1, -0.05) is 13.8 Å². The third-order valence-corrected chi connectivity index (χ3v) is 9.20. The fraction of sp³-hybridized carbons (Fsp3) is 0.826. The van der Waals surface area contributed by atoms with Gasteiger partial charge in [0.2, 0.25) is 0 Å². The molecule has 154 valence electrons. The van der Waals surface area contributed by atoms with Crippen molar-refractivity contribution in [2.45, 2.75) is 84.7 Å². The minimum atomic E-state index is -1.07. The molecular weight excluding hydrogens is 356 g/mol. The summed E-state index contributed by atoms with van der Waals surface area (Å²) in [6.45, 7) is 7.20. The molecule has 4 fully saturated rings. The zero-order valence-electron chi connectivity index (χ0n) is 17.5. The van der Waals surface area contributed by atoms with E-state index in [4.69, 9.17) is 4.74 Å². The van der Waals surface area contributed by atoms with Crippen molar-refractivity contribution in [3.8, 4) is 0 Å². The number of ether oxygens (including phenoxy) is 1. The van der Waals surface area contributed by atoms with Gasteiger partial charge in [-0.05, 0) is 68.6 Å². The van der Waals surface area contributed by atoms with E-state index in [1.165, 1.54) is 13.8 Å². The molecule has 4 rings (SSSR count). The number of Topliss-reactive ketones (excluding diaryl/α,β-unsaturated/α-hetero) is 3. The largest absolute Gasteiger partial charge is 0.451 e. The van der Waals surface area contributed by atoms with Crippen molar-refractivity contribution >= 4 is 23.3 Å². The van der Waals surface area contributed by atoms with Crippen LogP contribution in [0.15, 0.2) is 0 Å². The van der Waals surface area contributed by atoms with Crippen molar-refractivity contribution in [2.24, 2.45) is 34.5 Å². The number of carbonyl (C=O) groups excluding carboxylic acids is 4. The molecule has 0 aromatic carbocycles. The maximum absolute atomic E-state index is 13.3. The summed E-state index contributed by atoms with van der Waals surface area (Å²) in [4.78, 5) is 50.0. The summed E-state index contributed by atoms with van der Waals surface area (Å²) in [5.74, 6) is 0.533. The quantitative estimate of drug-likeness (QED) is 0.675. The molecule has 4 saturated carbocycles. The molecule has 0 aromatic heterocycles. The number of hydrogen-bond donors (Lipinski definition) is 0. The van der Waals surface area contributed by atoms with Gasteiger partial charge in [-0.3, -0.25) is 19.2 Å². The normalized spacial score (nSPS) is 47.7. The van der Waals surface area contributed by atoms with Crippen LogP contribution in [0.1, 0.15) is 79.1 Å². The molecule has 0 amide bonds. The zero-order valence-corrected chi connectivity index (χ0v) is 17.5. The fourth-order valence-corrected chi connectivity index (χ4v) is 7.44. The Labute approximate surface area is 167 Å². The van der Waals surface area contributed by atoms with E-state index >= 15 is 0 Å². The molecule has 0 N–H and O–H groups in total. The van der Waals surface area contributed by atoms with Crippen LogP contribution in [0.25, 0.3) is 0 Å². The second kappa shape index (κ2) is 6.24. The molecule has 0 saturated heterocycles. The van der Waals surface area contributed by atoms with Gasteiger partial charge in [-0.2, -0.15) is 0 Å². The average molecular weight is 389 g/mol. The maximum atomic E-state index is 13.3. The standard InChI is InChI=1S/C23H32O5/c1-13(24)23(28-14(2)25)10-9-21(3)15(12-23)11-18(26)20-16-5-6-19(27)22(16,4)8-7-17(20)21/h15-17,20H,5-12H2,1-4H3/t15-,16-,17+,20-,21-,22-,23+/m0/s1. The van der Waals surface area contributed by atoms with Gasteiger partial charge in [0.25, 0.3) is 0 Å². The predicted molar refractivity (Wildman–Crippen MR) is 102 cm³/mol. The molecule has 0 radical (unpaired) electrons. The number of esters is 1. The lowest BCUT2D eigenvalue weighted by Crippen LogP contribution is -2.60. The summed E-state index contributed by atoms with van der Waals surface area (Å²) in [5.41, 5.74) is -1.43. The van der Waals surface area contributed by atoms with Crippen molar-refractivity contribution in [3.63, 3.8) is 0 Å². The zero-order chi connectivity index (χ0) is 20.5. The smallest absolute Gasteiger partial charge is 0.303 e. The number of ketones is 3. The molecule has 4 aliphatic carbocycles. The molecule has 0 aromatic rings. The van der Waals surface area contributed by atoms with Crippen LogP contribution in [0, 0.1) is 34.5 Å². The second-order valence-corrected chi connectivity index (χ2v) is 10.4. The number of rotatable bonds is 2. The van der Waals surface area contributed by atoms with E-state index in [1.807, 2.05) is 0 Å². The Morgan fingerprint density at radius 1 is 1.00 bits per heavy atom. The Balaban J connectivity index is 1.66. The lowest BCUT2D eigenvalue weighted by molar-refractivity contribution is -0.187. The minimum Gasteiger partial charge on any atom is -0.451 e. The Morgan fingerprint density at radius 3 is 2.36 bits per heavy atom. The SMILES string of the molecule is CC(=O)O[C@]1(C(C)=O)CC[C@@]2(C)[C@@H](CC(=O)[C@@H]3[C@H]2CC[C@]2(C)C(=O)CC[C@@H]32)C1. The Kier molecular flexibility index (Phi) is 4.41. The van der Waals surface area contributed by atoms with Crippen molar-refractivity contribution < 1.29 is 23.9 Å². The lowest BCUT2D eigenvalue weighted by Gasteiger charge is -2.60. The van der Waals surface area contributed by atoms with Crippen LogP contribution in [0.2, 0.25) is 0 Å². The van der Waals surface area contributed by atoms with Gasteiger partial charge in [0.1, 0.15) is 11.6 Å². The van der Waals surface area contributed by atoms with Crippen LogP contribution >= 0.6 is 0 Å². The molecule has 0 aliphatic heterocycles. The Hall–Kier alpha value is -1.52. The summed E-state index contributed by atoms with van der Waals surface area (Å²) in [7, 11) is 0. The van der Waals surface area contributed by atoms with E-state index in [0.717, 1.165) is 25.7 Å². The molecule has 0 unspecified atom stereocenters. The predicted octanol–water partition coefficient (Wildman–Crippen LogP) is 3.67. The van der Waals surface area contributed by atoms with Gasteiger partial charge < -0.3 is 4.74 Å². The lowest BCUT2D eigenvalue weighted by atomic mass is 9.44. The summed E-state index contributed by atoms with van der Waals surface area (Å²) in [6, 6.07) is 0. The van der Waals surface area contributed by atoms with Crippen LogP contribution in [0.3, 0.4) is 0 Å². The summed E-state index contributed by atoms with van der Waals surface area (Å²) in [6.07, 6.45) is 5.44. The molecule has 4 aliphatic rings.